The van der Waals surface area contributed by atoms with Gasteiger partial charge in [0.15, 0.2) is 0 Å². The monoisotopic (exact) mass is 295 g/mol. The van der Waals surface area contributed by atoms with Crippen LogP contribution in [0.3, 0.4) is 0 Å². The van der Waals surface area contributed by atoms with Gasteiger partial charge in [0.05, 0.1) is 4.92 Å². The third-order valence-corrected chi connectivity index (χ3v) is 3.28. The van der Waals surface area contributed by atoms with E-state index in [1.807, 2.05) is 19.9 Å². The maximum absolute atomic E-state index is 11.3. The van der Waals surface area contributed by atoms with Crippen LogP contribution in [-0.4, -0.2) is 29.7 Å². The van der Waals surface area contributed by atoms with Gasteiger partial charge in [0, 0.05) is 19.7 Å². The fraction of sp³-hybridized carbons (Fsp3) is 0.600. The summed E-state index contributed by atoms with van der Waals surface area (Å²) >= 11 is 0. The molecule has 1 aromatic carbocycles. The molecule has 6 nitrogen and oxygen atoms in total. The Morgan fingerprint density at radius 2 is 1.90 bits per heavy atom. The number of para-hydroxylation sites is 1. The van der Waals surface area contributed by atoms with Crippen molar-refractivity contribution in [1.82, 2.24) is 0 Å². The summed E-state index contributed by atoms with van der Waals surface area (Å²) in [5.74, 6) is 0.263. The molecule has 1 unspecified atom stereocenters. The highest BCUT2D eigenvalue weighted by Gasteiger charge is 2.18. The van der Waals surface area contributed by atoms with Crippen LogP contribution in [0.2, 0.25) is 0 Å². The van der Waals surface area contributed by atoms with Crippen LogP contribution in [0.4, 0.5) is 17.1 Å². The lowest BCUT2D eigenvalue weighted by Gasteiger charge is -2.12. The Morgan fingerprint density at radius 1 is 1.29 bits per heavy atom. The van der Waals surface area contributed by atoms with E-state index < -0.39 is 0 Å². The number of benzene rings is 1. The van der Waals surface area contributed by atoms with Crippen LogP contribution in [0.25, 0.3) is 0 Å². The number of nitrogens with zero attached hydrogens (tertiary/aromatic N) is 1. The summed E-state index contributed by atoms with van der Waals surface area (Å²) in [7, 11) is 0. The molecule has 0 bridgehead atoms. The molecule has 0 saturated carbocycles. The highest BCUT2D eigenvalue weighted by atomic mass is 16.6. The molecule has 0 aromatic heterocycles. The van der Waals surface area contributed by atoms with Gasteiger partial charge in [0.1, 0.15) is 11.4 Å². The zero-order chi connectivity index (χ0) is 15.7. The van der Waals surface area contributed by atoms with Crippen molar-refractivity contribution in [3.63, 3.8) is 0 Å². The van der Waals surface area contributed by atoms with Crippen LogP contribution in [-0.2, 0) is 0 Å². The summed E-state index contributed by atoms with van der Waals surface area (Å²) in [6.07, 6.45) is 2.67. The second kappa shape index (κ2) is 9.18. The van der Waals surface area contributed by atoms with E-state index in [1.54, 1.807) is 12.1 Å². The van der Waals surface area contributed by atoms with Gasteiger partial charge in [-0.3, -0.25) is 10.1 Å². The average molecular weight is 295 g/mol. The van der Waals surface area contributed by atoms with Crippen molar-refractivity contribution in [2.24, 2.45) is 5.92 Å². The number of rotatable bonds is 10. The summed E-state index contributed by atoms with van der Waals surface area (Å²) in [5, 5.41) is 26.5. The quantitative estimate of drug-likeness (QED) is 0.350. The van der Waals surface area contributed by atoms with Crippen LogP contribution in [0, 0.1) is 16.0 Å². The largest absolute Gasteiger partial charge is 0.396 e. The van der Waals surface area contributed by atoms with E-state index in [0.29, 0.717) is 24.5 Å². The lowest BCUT2D eigenvalue weighted by Crippen LogP contribution is -2.09. The predicted molar refractivity (Wildman–Crippen MR) is 85.9 cm³/mol. The number of hydrogen-bond donors (Lipinski definition) is 3. The number of nitrogens with one attached hydrogen (secondary N) is 2. The lowest BCUT2D eigenvalue weighted by atomic mass is 10.1. The number of aliphatic hydroxyl groups excluding tert-OH is 1. The van der Waals surface area contributed by atoms with E-state index in [4.69, 9.17) is 5.11 Å². The Bertz CT molecular complexity index is 452. The van der Waals surface area contributed by atoms with Crippen LogP contribution in [0.1, 0.15) is 33.1 Å². The zero-order valence-electron chi connectivity index (χ0n) is 12.8. The number of hydrogen-bond acceptors (Lipinski definition) is 5. The molecule has 0 amide bonds. The van der Waals surface area contributed by atoms with Gasteiger partial charge in [0.2, 0.25) is 0 Å². The van der Waals surface area contributed by atoms with Crippen molar-refractivity contribution in [2.75, 3.05) is 30.3 Å². The molecule has 1 aromatic rings. The number of aliphatic hydroxyl groups is 1. The van der Waals surface area contributed by atoms with Crippen molar-refractivity contribution in [3.8, 4) is 0 Å². The first kappa shape index (κ1) is 17.2. The third kappa shape index (κ3) is 5.59. The Balaban J connectivity index is 2.70. The first-order valence-electron chi connectivity index (χ1n) is 7.46. The van der Waals surface area contributed by atoms with Gasteiger partial charge in [0.25, 0.3) is 0 Å². The summed E-state index contributed by atoms with van der Waals surface area (Å²) in [5.41, 5.74) is 1.19. The van der Waals surface area contributed by atoms with Crippen LogP contribution in [0.15, 0.2) is 18.2 Å². The second-order valence-electron chi connectivity index (χ2n) is 5.24. The van der Waals surface area contributed by atoms with E-state index in [9.17, 15) is 10.1 Å². The first-order chi connectivity index (χ1) is 10.1. The third-order valence-electron chi connectivity index (χ3n) is 3.28. The topological polar surface area (TPSA) is 87.4 Å². The SMILES string of the molecule is CCCNc1cccc(NCCCC(C)CO)c1[N+](=O)[O-]. The normalized spacial score (nSPS) is 12.0. The smallest absolute Gasteiger partial charge is 0.315 e. The molecular formula is C15H25N3O3. The molecule has 0 fully saturated rings. The van der Waals surface area contributed by atoms with Crippen LogP contribution < -0.4 is 10.6 Å². The first-order valence-corrected chi connectivity index (χ1v) is 7.46. The molecule has 0 aliphatic carbocycles. The Morgan fingerprint density at radius 3 is 2.43 bits per heavy atom. The molecule has 0 aliphatic heterocycles. The van der Waals surface area contributed by atoms with E-state index >= 15 is 0 Å². The van der Waals surface area contributed by atoms with Gasteiger partial charge in [-0.1, -0.05) is 19.9 Å². The van der Waals surface area contributed by atoms with E-state index in [-0.39, 0.29) is 23.1 Å². The fourth-order valence-corrected chi connectivity index (χ4v) is 2.05. The van der Waals surface area contributed by atoms with E-state index in [2.05, 4.69) is 10.6 Å². The van der Waals surface area contributed by atoms with Crippen molar-refractivity contribution in [3.05, 3.63) is 28.3 Å². The highest BCUT2D eigenvalue weighted by Crippen LogP contribution is 2.32. The summed E-state index contributed by atoms with van der Waals surface area (Å²) < 4.78 is 0. The van der Waals surface area contributed by atoms with Gasteiger partial charge in [-0.05, 0) is 37.3 Å². The van der Waals surface area contributed by atoms with E-state index in [1.165, 1.54) is 0 Å². The maximum Gasteiger partial charge on any atom is 0.315 e. The Kier molecular flexibility index (Phi) is 7.53. The van der Waals surface area contributed by atoms with Crippen molar-refractivity contribution < 1.29 is 10.0 Å². The Hall–Kier alpha value is -1.82. The molecule has 1 atom stereocenters. The standard InChI is InChI=1S/C15H25N3O3/c1-3-9-16-13-7-4-8-14(15(13)18(20)21)17-10-5-6-12(2)11-19/h4,7-8,12,16-17,19H,3,5-6,9-11H2,1-2H3. The fourth-order valence-electron chi connectivity index (χ4n) is 2.05. The summed E-state index contributed by atoms with van der Waals surface area (Å²) in [4.78, 5) is 10.9. The lowest BCUT2D eigenvalue weighted by molar-refractivity contribution is -0.383. The average Bonchev–Trinajstić information content (AvgIpc) is 2.48. The second-order valence-corrected chi connectivity index (χ2v) is 5.24. The van der Waals surface area contributed by atoms with Crippen LogP contribution in [0.5, 0.6) is 0 Å². The molecule has 0 radical (unpaired) electrons. The van der Waals surface area contributed by atoms with E-state index in [0.717, 1.165) is 19.3 Å². The molecule has 0 spiro atoms. The minimum absolute atomic E-state index is 0.0983. The van der Waals surface area contributed by atoms with Gasteiger partial charge >= 0.3 is 5.69 Å². The number of nitro groups is 1. The van der Waals surface area contributed by atoms with Gasteiger partial charge in [-0.15, -0.1) is 0 Å². The molecule has 0 saturated heterocycles. The summed E-state index contributed by atoms with van der Waals surface area (Å²) in [6, 6.07) is 5.27. The van der Waals surface area contributed by atoms with Crippen LogP contribution >= 0.6 is 0 Å². The minimum Gasteiger partial charge on any atom is -0.396 e. The van der Waals surface area contributed by atoms with Crippen molar-refractivity contribution in [2.45, 2.75) is 33.1 Å². The molecule has 6 heteroatoms. The number of anilines is 2. The molecular weight excluding hydrogens is 270 g/mol. The van der Waals surface area contributed by atoms with Gasteiger partial charge < -0.3 is 15.7 Å². The molecule has 0 aliphatic rings. The minimum atomic E-state index is -0.351. The molecule has 21 heavy (non-hydrogen) atoms. The molecule has 3 N–H and O–H groups in total. The number of nitro benzene ring substituents is 1. The predicted octanol–water partition coefficient (Wildman–Crippen LogP) is 3.24. The zero-order valence-corrected chi connectivity index (χ0v) is 12.8. The summed E-state index contributed by atoms with van der Waals surface area (Å²) in [6.45, 7) is 5.54. The highest BCUT2D eigenvalue weighted by molar-refractivity contribution is 5.76. The molecule has 1 rings (SSSR count). The van der Waals surface area contributed by atoms with Gasteiger partial charge in [-0.25, -0.2) is 0 Å². The van der Waals surface area contributed by atoms with Crippen molar-refractivity contribution in [1.29, 1.82) is 0 Å². The Labute approximate surface area is 125 Å². The maximum atomic E-state index is 11.3. The molecule has 118 valence electrons. The van der Waals surface area contributed by atoms with Crippen molar-refractivity contribution >= 4 is 17.1 Å². The molecule has 0 heterocycles. The van der Waals surface area contributed by atoms with Gasteiger partial charge in [-0.2, -0.15) is 0 Å².